The van der Waals surface area contributed by atoms with Crippen molar-refractivity contribution in [2.45, 2.75) is 26.4 Å². The first-order valence-corrected chi connectivity index (χ1v) is 11.4. The number of rotatable bonds is 7. The molecular formula is C23H22N4O6S. The first-order chi connectivity index (χ1) is 16.3. The summed E-state index contributed by atoms with van der Waals surface area (Å²) >= 11 is 1.51. The maximum Gasteiger partial charge on any atom is 0.296 e. The Hall–Kier alpha value is -3.99. The van der Waals surface area contributed by atoms with E-state index in [1.54, 1.807) is 12.1 Å². The zero-order valence-corrected chi connectivity index (χ0v) is 19.5. The molecule has 0 bridgehead atoms. The van der Waals surface area contributed by atoms with Crippen LogP contribution in [0.15, 0.2) is 41.8 Å². The predicted octanol–water partition coefficient (Wildman–Crippen LogP) is 4.18. The molecule has 2 aromatic carbocycles. The molecule has 11 heteroatoms. The Labute approximate surface area is 199 Å². The molecule has 4 rings (SSSR count). The molecule has 0 aliphatic carbocycles. The smallest absolute Gasteiger partial charge is 0.296 e. The summed E-state index contributed by atoms with van der Waals surface area (Å²) < 4.78 is 10.9. The van der Waals surface area contributed by atoms with Crippen LogP contribution in [0.3, 0.4) is 0 Å². The van der Waals surface area contributed by atoms with Gasteiger partial charge >= 0.3 is 0 Å². The normalized spacial score (nSPS) is 14.9. The number of aromatic nitrogens is 1. The Morgan fingerprint density at radius 3 is 2.76 bits per heavy atom. The van der Waals surface area contributed by atoms with Crippen molar-refractivity contribution in [2.75, 3.05) is 23.9 Å². The van der Waals surface area contributed by atoms with E-state index >= 15 is 0 Å². The molecule has 1 atom stereocenters. The van der Waals surface area contributed by atoms with E-state index in [0.29, 0.717) is 17.9 Å². The molecule has 3 aromatic rings. The number of ether oxygens (including phenoxy) is 2. The lowest BCUT2D eigenvalue weighted by atomic mass is 10.1. The van der Waals surface area contributed by atoms with Gasteiger partial charge < -0.3 is 14.8 Å². The second kappa shape index (κ2) is 9.48. The highest BCUT2D eigenvalue weighted by Crippen LogP contribution is 2.38. The predicted molar refractivity (Wildman–Crippen MR) is 128 cm³/mol. The molecule has 2 amide bonds. The first kappa shape index (κ1) is 23.2. The van der Waals surface area contributed by atoms with Gasteiger partial charge in [0.2, 0.25) is 5.91 Å². The van der Waals surface area contributed by atoms with Crippen molar-refractivity contribution in [3.8, 4) is 22.8 Å². The average molecular weight is 483 g/mol. The van der Waals surface area contributed by atoms with Crippen LogP contribution in [0.2, 0.25) is 0 Å². The van der Waals surface area contributed by atoms with Crippen molar-refractivity contribution >= 4 is 40.2 Å². The van der Waals surface area contributed by atoms with Crippen molar-refractivity contribution in [3.05, 3.63) is 56.9 Å². The van der Waals surface area contributed by atoms with Crippen LogP contribution in [0.4, 0.5) is 17.1 Å². The third kappa shape index (κ3) is 4.55. The number of methoxy groups -OCH3 is 1. The molecule has 0 spiro atoms. The van der Waals surface area contributed by atoms with Crippen LogP contribution in [-0.2, 0) is 9.59 Å². The number of nitro groups is 1. The Balaban J connectivity index is 1.64. The number of carbonyl (C=O) groups excluding carboxylic acids is 2. The van der Waals surface area contributed by atoms with Crippen molar-refractivity contribution in [1.82, 2.24) is 4.98 Å². The largest absolute Gasteiger partial charge is 0.496 e. The molecule has 0 radical (unpaired) electrons. The van der Waals surface area contributed by atoms with Gasteiger partial charge in [0, 0.05) is 10.9 Å². The third-order valence-electron chi connectivity index (χ3n) is 5.32. The van der Waals surface area contributed by atoms with Crippen molar-refractivity contribution < 1.29 is 24.0 Å². The summed E-state index contributed by atoms with van der Waals surface area (Å²) in [7, 11) is 1.39. The summed E-state index contributed by atoms with van der Waals surface area (Å²) in [5.74, 6) is -0.178. The van der Waals surface area contributed by atoms with Crippen LogP contribution in [0.5, 0.6) is 11.5 Å². The van der Waals surface area contributed by atoms with E-state index < -0.39 is 16.9 Å². The molecular weight excluding hydrogens is 460 g/mol. The van der Waals surface area contributed by atoms with Crippen molar-refractivity contribution in [2.24, 2.45) is 0 Å². The molecule has 1 aliphatic heterocycles. The van der Waals surface area contributed by atoms with E-state index in [2.05, 4.69) is 10.3 Å². The van der Waals surface area contributed by atoms with Crippen LogP contribution < -0.4 is 19.7 Å². The molecule has 1 aliphatic rings. The minimum absolute atomic E-state index is 0.00970. The van der Waals surface area contributed by atoms with Gasteiger partial charge in [-0.15, -0.1) is 11.3 Å². The van der Waals surface area contributed by atoms with E-state index in [1.165, 1.54) is 41.5 Å². The molecule has 0 saturated carbocycles. The summed E-state index contributed by atoms with van der Waals surface area (Å²) in [5.41, 5.74) is 1.68. The number of nitro benzene ring substituents is 1. The molecule has 34 heavy (non-hydrogen) atoms. The van der Waals surface area contributed by atoms with Crippen molar-refractivity contribution in [1.29, 1.82) is 0 Å². The number of hydrogen-bond donors (Lipinski definition) is 1. The van der Waals surface area contributed by atoms with E-state index in [-0.39, 0.29) is 29.6 Å². The second-order valence-corrected chi connectivity index (χ2v) is 8.62. The number of thiazole rings is 1. The number of anilines is 2. The summed E-state index contributed by atoms with van der Waals surface area (Å²) in [5, 5.41) is 16.8. The van der Waals surface area contributed by atoms with Gasteiger partial charge in [0.15, 0.2) is 6.10 Å². The van der Waals surface area contributed by atoms with Gasteiger partial charge in [-0.05, 0) is 43.7 Å². The van der Waals surface area contributed by atoms with E-state index in [4.69, 9.17) is 9.47 Å². The Morgan fingerprint density at radius 1 is 1.32 bits per heavy atom. The lowest BCUT2D eigenvalue weighted by molar-refractivity contribution is -0.384. The summed E-state index contributed by atoms with van der Waals surface area (Å²) in [6.45, 7) is 3.38. The van der Waals surface area contributed by atoms with Gasteiger partial charge in [0.05, 0.1) is 34.5 Å². The van der Waals surface area contributed by atoms with Crippen LogP contribution in [0.1, 0.15) is 18.4 Å². The van der Waals surface area contributed by atoms with Gasteiger partial charge in [-0.2, -0.15) is 0 Å². The fraction of sp³-hybridized carbons (Fsp3) is 0.261. The Bertz CT molecular complexity index is 1270. The fourth-order valence-electron chi connectivity index (χ4n) is 3.63. The zero-order valence-electron chi connectivity index (χ0n) is 18.7. The first-order valence-electron chi connectivity index (χ1n) is 10.5. The van der Waals surface area contributed by atoms with Crippen LogP contribution >= 0.6 is 11.3 Å². The Kier molecular flexibility index (Phi) is 6.46. The maximum absolute atomic E-state index is 13.1. The van der Waals surface area contributed by atoms with Crippen LogP contribution in [0.25, 0.3) is 11.3 Å². The van der Waals surface area contributed by atoms with Crippen LogP contribution in [0, 0.1) is 17.0 Å². The van der Waals surface area contributed by atoms with E-state index in [1.807, 2.05) is 25.3 Å². The van der Waals surface area contributed by atoms with Gasteiger partial charge in [-0.25, -0.2) is 4.98 Å². The fourth-order valence-corrected chi connectivity index (χ4v) is 4.25. The van der Waals surface area contributed by atoms with Gasteiger partial charge in [0.25, 0.3) is 11.6 Å². The molecule has 10 nitrogen and oxygen atoms in total. The highest BCUT2D eigenvalue weighted by molar-refractivity contribution is 7.09. The van der Waals surface area contributed by atoms with Crippen LogP contribution in [-0.4, -0.2) is 41.5 Å². The number of carbonyl (C=O) groups is 2. The van der Waals surface area contributed by atoms with E-state index in [9.17, 15) is 19.7 Å². The summed E-state index contributed by atoms with van der Waals surface area (Å²) in [6, 6.07) is 9.49. The quantitative estimate of drug-likeness (QED) is 0.396. The summed E-state index contributed by atoms with van der Waals surface area (Å²) in [6.07, 6.45) is -0.309. The Morgan fingerprint density at radius 2 is 2.12 bits per heavy atom. The summed E-state index contributed by atoms with van der Waals surface area (Å²) in [4.78, 5) is 42.7. The SMILES string of the molecule is CCC1Oc2ccc(-c3csc(C)n3)cc2N(CC(=O)Nc2ccc(OC)cc2[N+](=O)[O-])C1=O. The topological polar surface area (TPSA) is 124 Å². The molecule has 0 saturated heterocycles. The number of amides is 2. The van der Waals surface area contributed by atoms with Gasteiger partial charge in [-0.3, -0.25) is 24.6 Å². The highest BCUT2D eigenvalue weighted by Gasteiger charge is 2.35. The lowest BCUT2D eigenvalue weighted by Gasteiger charge is -2.34. The lowest BCUT2D eigenvalue weighted by Crippen LogP contribution is -2.48. The van der Waals surface area contributed by atoms with Gasteiger partial charge in [-0.1, -0.05) is 6.92 Å². The maximum atomic E-state index is 13.1. The third-order valence-corrected chi connectivity index (χ3v) is 6.10. The molecule has 0 fully saturated rings. The molecule has 1 aromatic heterocycles. The number of nitrogens with one attached hydrogen (secondary N) is 1. The number of fused-ring (bicyclic) bond motifs is 1. The molecule has 1 N–H and O–H groups in total. The monoisotopic (exact) mass is 482 g/mol. The average Bonchev–Trinajstić information content (AvgIpc) is 3.26. The second-order valence-electron chi connectivity index (χ2n) is 7.56. The number of aryl methyl sites for hydroxylation is 1. The number of hydrogen-bond acceptors (Lipinski definition) is 8. The molecule has 2 heterocycles. The highest BCUT2D eigenvalue weighted by atomic mass is 32.1. The number of benzene rings is 2. The zero-order chi connectivity index (χ0) is 24.4. The van der Waals surface area contributed by atoms with Crippen molar-refractivity contribution in [3.63, 3.8) is 0 Å². The van der Waals surface area contributed by atoms with E-state index in [0.717, 1.165) is 16.3 Å². The molecule has 176 valence electrons. The standard InChI is InChI=1S/C23H22N4O6S/c1-4-20-23(29)26(11-22(28)25-16-7-6-15(32-3)10-18(16)27(30)31)19-9-14(5-8-21(19)33-20)17-12-34-13(2)24-17/h5-10,12,20H,4,11H2,1-3H3,(H,25,28). The van der Waals surface area contributed by atoms with Gasteiger partial charge in [0.1, 0.15) is 23.7 Å². The minimum Gasteiger partial charge on any atom is -0.496 e. The molecule has 1 unspecified atom stereocenters. The minimum atomic E-state index is -0.733. The number of nitrogens with zero attached hydrogens (tertiary/aromatic N) is 3.